The van der Waals surface area contributed by atoms with Crippen molar-refractivity contribution in [3.63, 3.8) is 0 Å². The van der Waals surface area contributed by atoms with E-state index in [0.29, 0.717) is 19.1 Å². The van der Waals surface area contributed by atoms with Crippen LogP contribution in [0.1, 0.15) is 25.8 Å². The molecule has 0 aliphatic carbocycles. The molecule has 1 amide bonds. The van der Waals surface area contributed by atoms with Gasteiger partial charge in [0.2, 0.25) is 0 Å². The fourth-order valence-corrected chi connectivity index (χ4v) is 2.66. The van der Waals surface area contributed by atoms with Gasteiger partial charge in [0.05, 0.1) is 19.3 Å². The molecule has 4 heteroatoms. The number of likely N-dealkylation sites (tertiary alicyclic amines) is 1. The first kappa shape index (κ1) is 15.0. The molecule has 3 unspecified atom stereocenters. The summed E-state index contributed by atoms with van der Waals surface area (Å²) in [6.07, 6.45) is 0.470. The molecule has 2 rings (SSSR count). The van der Waals surface area contributed by atoms with E-state index < -0.39 is 6.10 Å². The fourth-order valence-electron chi connectivity index (χ4n) is 2.66. The number of rotatable bonds is 5. The Hall–Kier alpha value is -1.39. The molecule has 20 heavy (non-hydrogen) atoms. The van der Waals surface area contributed by atoms with Gasteiger partial charge in [-0.1, -0.05) is 37.3 Å². The highest BCUT2D eigenvalue weighted by Gasteiger charge is 2.35. The third-order valence-electron chi connectivity index (χ3n) is 4.04. The Morgan fingerprint density at radius 2 is 2.15 bits per heavy atom. The summed E-state index contributed by atoms with van der Waals surface area (Å²) in [5, 5.41) is 9.41. The second-order valence-electron chi connectivity index (χ2n) is 5.49. The van der Waals surface area contributed by atoms with Gasteiger partial charge in [-0.25, -0.2) is 0 Å². The molecular weight excluding hydrogens is 254 g/mol. The lowest BCUT2D eigenvalue weighted by molar-refractivity contribution is -0.145. The maximum atomic E-state index is 12.4. The lowest BCUT2D eigenvalue weighted by Gasteiger charge is -2.27. The van der Waals surface area contributed by atoms with Crippen LogP contribution in [0.25, 0.3) is 0 Å². The van der Waals surface area contributed by atoms with Crippen molar-refractivity contribution >= 4 is 5.91 Å². The molecule has 4 nitrogen and oxygen atoms in total. The van der Waals surface area contributed by atoms with E-state index in [0.717, 1.165) is 12.0 Å². The maximum absolute atomic E-state index is 12.4. The van der Waals surface area contributed by atoms with E-state index in [2.05, 4.69) is 6.92 Å². The number of carbonyl (C=O) groups excluding carboxylic acids is 1. The van der Waals surface area contributed by atoms with Crippen LogP contribution < -0.4 is 0 Å². The van der Waals surface area contributed by atoms with E-state index in [1.54, 1.807) is 11.8 Å². The minimum atomic E-state index is -0.477. The van der Waals surface area contributed by atoms with Crippen LogP contribution in [-0.2, 0) is 16.1 Å². The number of hydrogen-bond acceptors (Lipinski definition) is 3. The molecule has 0 aromatic heterocycles. The summed E-state index contributed by atoms with van der Waals surface area (Å²) in [5.41, 5.74) is 1.06. The predicted molar refractivity (Wildman–Crippen MR) is 77.1 cm³/mol. The standard InChI is InChI=1S/C16H23NO3/c1-12-8-9-17(15(12)10-18)16(19)13(2)20-11-14-6-4-3-5-7-14/h3-7,12-13,15,18H,8-11H2,1-2H3. The van der Waals surface area contributed by atoms with Crippen molar-refractivity contribution in [3.8, 4) is 0 Å². The highest BCUT2D eigenvalue weighted by molar-refractivity contribution is 5.81. The van der Waals surface area contributed by atoms with Crippen LogP contribution in [0.3, 0.4) is 0 Å². The third-order valence-corrected chi connectivity index (χ3v) is 4.04. The Bertz CT molecular complexity index is 435. The van der Waals surface area contributed by atoms with Gasteiger partial charge in [0.1, 0.15) is 6.10 Å². The second kappa shape index (κ2) is 6.86. The van der Waals surface area contributed by atoms with E-state index in [9.17, 15) is 9.90 Å². The normalized spacial score (nSPS) is 23.9. The largest absolute Gasteiger partial charge is 0.394 e. The van der Waals surface area contributed by atoms with E-state index >= 15 is 0 Å². The fraction of sp³-hybridized carbons (Fsp3) is 0.562. The second-order valence-corrected chi connectivity index (χ2v) is 5.49. The Morgan fingerprint density at radius 1 is 1.45 bits per heavy atom. The van der Waals surface area contributed by atoms with Crippen molar-refractivity contribution in [1.29, 1.82) is 0 Å². The Kier molecular flexibility index (Phi) is 5.15. The number of amides is 1. The van der Waals surface area contributed by atoms with Crippen LogP contribution in [0.5, 0.6) is 0 Å². The topological polar surface area (TPSA) is 49.8 Å². The van der Waals surface area contributed by atoms with Crippen molar-refractivity contribution in [3.05, 3.63) is 35.9 Å². The van der Waals surface area contributed by atoms with Crippen LogP contribution >= 0.6 is 0 Å². The highest BCUT2D eigenvalue weighted by Crippen LogP contribution is 2.24. The summed E-state index contributed by atoms with van der Waals surface area (Å²) in [6.45, 7) is 5.02. The zero-order valence-corrected chi connectivity index (χ0v) is 12.2. The number of hydrogen-bond donors (Lipinski definition) is 1. The van der Waals surface area contributed by atoms with E-state index in [1.165, 1.54) is 0 Å². The molecule has 1 aliphatic heterocycles. The van der Waals surface area contributed by atoms with Crippen LogP contribution in [-0.4, -0.2) is 41.2 Å². The van der Waals surface area contributed by atoms with Gasteiger partial charge < -0.3 is 14.7 Å². The first-order chi connectivity index (χ1) is 9.63. The maximum Gasteiger partial charge on any atom is 0.251 e. The number of ether oxygens (including phenoxy) is 1. The summed E-state index contributed by atoms with van der Waals surface area (Å²) in [7, 11) is 0. The SMILES string of the molecule is CC(OCc1ccccc1)C(=O)N1CCC(C)C1CO. The molecule has 1 saturated heterocycles. The molecule has 1 aliphatic rings. The number of aliphatic hydroxyl groups excluding tert-OH is 1. The Balaban J connectivity index is 1.89. The van der Waals surface area contributed by atoms with Crippen LogP contribution in [0, 0.1) is 5.92 Å². The molecule has 3 atom stereocenters. The van der Waals surface area contributed by atoms with Gasteiger partial charge in [0, 0.05) is 6.54 Å². The number of benzene rings is 1. The smallest absolute Gasteiger partial charge is 0.251 e. The molecule has 1 fully saturated rings. The Morgan fingerprint density at radius 3 is 2.80 bits per heavy atom. The molecular formula is C16H23NO3. The average Bonchev–Trinajstić information content (AvgIpc) is 2.85. The van der Waals surface area contributed by atoms with Crippen molar-refractivity contribution < 1.29 is 14.6 Å². The predicted octanol–water partition coefficient (Wildman–Crippen LogP) is 1.82. The van der Waals surface area contributed by atoms with Gasteiger partial charge >= 0.3 is 0 Å². The number of carbonyl (C=O) groups is 1. The van der Waals surface area contributed by atoms with Gasteiger partial charge in [-0.2, -0.15) is 0 Å². The Labute approximate surface area is 120 Å². The summed E-state index contributed by atoms with van der Waals surface area (Å²) in [4.78, 5) is 14.1. The number of aliphatic hydroxyl groups is 1. The molecule has 0 saturated carbocycles. The molecule has 110 valence electrons. The average molecular weight is 277 g/mol. The van der Waals surface area contributed by atoms with E-state index in [-0.39, 0.29) is 18.6 Å². The van der Waals surface area contributed by atoms with Gasteiger partial charge in [-0.05, 0) is 24.8 Å². The summed E-state index contributed by atoms with van der Waals surface area (Å²) < 4.78 is 5.66. The molecule has 1 heterocycles. The number of nitrogens with zero attached hydrogens (tertiary/aromatic N) is 1. The quantitative estimate of drug-likeness (QED) is 0.893. The monoisotopic (exact) mass is 277 g/mol. The van der Waals surface area contributed by atoms with Gasteiger partial charge in [0.15, 0.2) is 0 Å². The zero-order chi connectivity index (χ0) is 14.5. The van der Waals surface area contributed by atoms with Crippen LogP contribution in [0.2, 0.25) is 0 Å². The minimum absolute atomic E-state index is 0.0238. The van der Waals surface area contributed by atoms with Crippen molar-refractivity contribution in [2.45, 2.75) is 39.0 Å². The van der Waals surface area contributed by atoms with Gasteiger partial charge in [0.25, 0.3) is 5.91 Å². The summed E-state index contributed by atoms with van der Waals surface area (Å²) in [6, 6.07) is 9.75. The molecule has 1 aromatic rings. The zero-order valence-electron chi connectivity index (χ0n) is 12.2. The molecule has 1 N–H and O–H groups in total. The molecule has 1 aromatic carbocycles. The lowest BCUT2D eigenvalue weighted by atomic mass is 10.0. The highest BCUT2D eigenvalue weighted by atomic mass is 16.5. The summed E-state index contributed by atoms with van der Waals surface area (Å²) >= 11 is 0. The minimum Gasteiger partial charge on any atom is -0.394 e. The summed E-state index contributed by atoms with van der Waals surface area (Å²) in [5.74, 6) is 0.328. The molecule has 0 bridgehead atoms. The molecule has 0 radical (unpaired) electrons. The lowest BCUT2D eigenvalue weighted by Crippen LogP contribution is -2.44. The van der Waals surface area contributed by atoms with Gasteiger partial charge in [-0.15, -0.1) is 0 Å². The van der Waals surface area contributed by atoms with Crippen molar-refractivity contribution in [2.75, 3.05) is 13.2 Å². The van der Waals surface area contributed by atoms with Crippen molar-refractivity contribution in [2.24, 2.45) is 5.92 Å². The van der Waals surface area contributed by atoms with Crippen LogP contribution in [0.4, 0.5) is 0 Å². The van der Waals surface area contributed by atoms with Crippen molar-refractivity contribution in [1.82, 2.24) is 4.90 Å². The first-order valence-corrected chi connectivity index (χ1v) is 7.20. The molecule has 0 spiro atoms. The first-order valence-electron chi connectivity index (χ1n) is 7.20. The third kappa shape index (κ3) is 3.38. The van der Waals surface area contributed by atoms with E-state index in [4.69, 9.17) is 4.74 Å². The van der Waals surface area contributed by atoms with E-state index in [1.807, 2.05) is 30.3 Å². The van der Waals surface area contributed by atoms with Gasteiger partial charge in [-0.3, -0.25) is 4.79 Å². The van der Waals surface area contributed by atoms with Crippen LogP contribution in [0.15, 0.2) is 30.3 Å².